The third-order valence-electron chi connectivity index (χ3n) is 4.80. The van der Waals surface area contributed by atoms with Crippen LogP contribution in [-0.2, 0) is 26.4 Å². The van der Waals surface area contributed by atoms with E-state index in [-0.39, 0.29) is 6.79 Å². The van der Waals surface area contributed by atoms with Gasteiger partial charge in [0.2, 0.25) is 0 Å². The number of halogens is 2. The number of hydrogen-bond acceptors (Lipinski definition) is 6. The van der Waals surface area contributed by atoms with Gasteiger partial charge in [-0.1, -0.05) is 23.2 Å². The second-order valence-corrected chi connectivity index (χ2v) is 7.22. The lowest BCUT2D eigenvalue weighted by atomic mass is 9.90. The largest absolute Gasteiger partial charge is 0.467 e. The molecule has 0 bridgehead atoms. The predicted molar refractivity (Wildman–Crippen MR) is 96.6 cm³/mol. The van der Waals surface area contributed by atoms with E-state index in [1.54, 1.807) is 13.2 Å². The first kappa shape index (κ1) is 17.9. The van der Waals surface area contributed by atoms with Gasteiger partial charge in [-0.05, 0) is 24.6 Å². The van der Waals surface area contributed by atoms with Crippen LogP contribution in [0.4, 0.5) is 0 Å². The van der Waals surface area contributed by atoms with Gasteiger partial charge in [-0.15, -0.1) is 10.2 Å². The van der Waals surface area contributed by atoms with Crippen molar-refractivity contribution in [2.45, 2.75) is 25.6 Å². The zero-order valence-corrected chi connectivity index (χ0v) is 16.0. The molecule has 138 valence electrons. The molecule has 2 aliphatic rings. The Balaban J connectivity index is 1.90. The summed E-state index contributed by atoms with van der Waals surface area (Å²) >= 11 is 12.6. The fourth-order valence-electron chi connectivity index (χ4n) is 3.64. The first-order valence-electron chi connectivity index (χ1n) is 8.25. The number of hydrogen-bond donors (Lipinski definition) is 0. The molecule has 26 heavy (non-hydrogen) atoms. The van der Waals surface area contributed by atoms with Gasteiger partial charge in [-0.25, -0.2) is 0 Å². The van der Waals surface area contributed by atoms with Crippen LogP contribution in [0.5, 0.6) is 5.75 Å². The van der Waals surface area contributed by atoms with Crippen molar-refractivity contribution in [1.82, 2.24) is 10.2 Å². The van der Waals surface area contributed by atoms with E-state index in [1.165, 1.54) is 0 Å². The van der Waals surface area contributed by atoms with Gasteiger partial charge in [0.05, 0.1) is 13.2 Å². The Morgan fingerprint density at radius 1 is 1.27 bits per heavy atom. The van der Waals surface area contributed by atoms with Crippen molar-refractivity contribution in [2.24, 2.45) is 0 Å². The molecule has 8 heteroatoms. The molecule has 0 radical (unpaired) electrons. The number of methoxy groups -OCH3 is 1. The summed E-state index contributed by atoms with van der Waals surface area (Å²) in [7, 11) is 1.56. The van der Waals surface area contributed by atoms with E-state index in [1.807, 2.05) is 13.0 Å². The lowest BCUT2D eigenvalue weighted by Crippen LogP contribution is -2.26. The summed E-state index contributed by atoms with van der Waals surface area (Å²) < 4.78 is 22.5. The molecular formula is C18H18Cl2N2O4. The number of aromatic nitrogens is 2. The van der Waals surface area contributed by atoms with E-state index >= 15 is 0 Å². The minimum atomic E-state index is -0.537. The maximum atomic E-state index is 6.41. The van der Waals surface area contributed by atoms with Gasteiger partial charge < -0.3 is 18.9 Å². The van der Waals surface area contributed by atoms with Gasteiger partial charge in [0.15, 0.2) is 11.9 Å². The molecule has 1 atom stereocenters. The maximum Gasteiger partial charge on any atom is 0.188 e. The number of aryl methyl sites for hydroxylation is 1. The molecule has 0 N–H and O–H groups in total. The first-order valence-corrected chi connectivity index (χ1v) is 9.01. The third kappa shape index (κ3) is 2.86. The topological polar surface area (TPSA) is 62.7 Å². The van der Waals surface area contributed by atoms with E-state index in [2.05, 4.69) is 10.2 Å². The highest BCUT2D eigenvalue weighted by atomic mass is 35.5. The van der Waals surface area contributed by atoms with Crippen molar-refractivity contribution >= 4 is 23.2 Å². The minimum absolute atomic E-state index is 0.101. The summed E-state index contributed by atoms with van der Waals surface area (Å²) in [5, 5.41) is 9.49. The van der Waals surface area contributed by atoms with Crippen LogP contribution in [-0.4, -0.2) is 37.3 Å². The molecule has 6 nitrogen and oxygen atoms in total. The molecular weight excluding hydrogens is 379 g/mol. The monoisotopic (exact) mass is 396 g/mol. The molecule has 0 aliphatic carbocycles. The molecule has 1 spiro atoms. The van der Waals surface area contributed by atoms with Crippen molar-refractivity contribution in [3.05, 3.63) is 39.0 Å². The molecule has 0 amide bonds. The minimum Gasteiger partial charge on any atom is -0.467 e. The Kier molecular flexibility index (Phi) is 4.79. The lowest BCUT2D eigenvalue weighted by molar-refractivity contribution is -0.0421. The molecule has 3 heterocycles. The molecule has 2 aromatic rings. The smallest absolute Gasteiger partial charge is 0.188 e. The Hall–Kier alpha value is -1.44. The quantitative estimate of drug-likeness (QED) is 0.730. The average molecular weight is 397 g/mol. The van der Waals surface area contributed by atoms with E-state index in [9.17, 15) is 0 Å². The Morgan fingerprint density at radius 3 is 2.85 bits per heavy atom. The van der Waals surface area contributed by atoms with Gasteiger partial charge in [0.25, 0.3) is 0 Å². The van der Waals surface area contributed by atoms with Crippen LogP contribution in [0.2, 0.25) is 10.2 Å². The van der Waals surface area contributed by atoms with Gasteiger partial charge in [0.1, 0.15) is 17.0 Å². The van der Waals surface area contributed by atoms with Crippen LogP contribution >= 0.6 is 23.2 Å². The van der Waals surface area contributed by atoms with Crippen molar-refractivity contribution in [3.8, 4) is 17.0 Å². The highest BCUT2D eigenvalue weighted by molar-refractivity contribution is 6.31. The van der Waals surface area contributed by atoms with Crippen molar-refractivity contribution in [3.63, 3.8) is 0 Å². The third-order valence-corrected chi connectivity index (χ3v) is 5.28. The van der Waals surface area contributed by atoms with Crippen LogP contribution in [0.25, 0.3) is 11.3 Å². The van der Waals surface area contributed by atoms with E-state index < -0.39 is 5.60 Å². The normalized spacial score (nSPS) is 21.4. The molecule has 2 aliphatic heterocycles. The fraction of sp³-hybridized carbons (Fsp3) is 0.444. The number of benzene rings is 1. The molecule has 0 saturated carbocycles. The Bertz CT molecular complexity index is 854. The van der Waals surface area contributed by atoms with E-state index in [0.29, 0.717) is 41.4 Å². The van der Waals surface area contributed by atoms with Crippen LogP contribution in [0.3, 0.4) is 0 Å². The molecule has 1 fully saturated rings. The van der Waals surface area contributed by atoms with Crippen LogP contribution < -0.4 is 4.74 Å². The average Bonchev–Trinajstić information content (AvgIpc) is 3.23. The summed E-state index contributed by atoms with van der Waals surface area (Å²) in [4.78, 5) is 0. The van der Waals surface area contributed by atoms with Gasteiger partial charge in [0, 0.05) is 41.9 Å². The van der Waals surface area contributed by atoms with Gasteiger partial charge >= 0.3 is 0 Å². The highest BCUT2D eigenvalue weighted by Crippen LogP contribution is 2.49. The van der Waals surface area contributed by atoms with Gasteiger partial charge in [-0.3, -0.25) is 0 Å². The fourth-order valence-corrected chi connectivity index (χ4v) is 4.23. The second-order valence-electron chi connectivity index (χ2n) is 6.43. The summed E-state index contributed by atoms with van der Waals surface area (Å²) in [6, 6.07) is 3.61. The number of fused-ring (bicyclic) bond motifs is 2. The molecule has 4 rings (SSSR count). The summed E-state index contributed by atoms with van der Waals surface area (Å²) in [6.07, 6.45) is 0.748. The maximum absolute atomic E-state index is 6.41. The Morgan fingerprint density at radius 2 is 2.12 bits per heavy atom. The van der Waals surface area contributed by atoms with Gasteiger partial charge in [-0.2, -0.15) is 0 Å². The first-order chi connectivity index (χ1) is 12.6. The molecule has 1 aromatic heterocycles. The molecule has 1 unspecified atom stereocenters. The second kappa shape index (κ2) is 6.94. The SMILES string of the molecule is COCOc1cc(Cl)cc(C)c1-c1nnc(Cl)c2c1COC21CCOC1. The van der Waals surface area contributed by atoms with Crippen LogP contribution in [0, 0.1) is 6.92 Å². The highest BCUT2D eigenvalue weighted by Gasteiger charge is 2.47. The van der Waals surface area contributed by atoms with Crippen molar-refractivity contribution in [2.75, 3.05) is 27.1 Å². The Labute approximate surface area is 161 Å². The lowest BCUT2D eigenvalue weighted by Gasteiger charge is -2.22. The molecule has 1 saturated heterocycles. The van der Waals surface area contributed by atoms with E-state index in [4.69, 9.17) is 42.1 Å². The zero-order chi connectivity index (χ0) is 18.3. The van der Waals surface area contributed by atoms with Crippen LogP contribution in [0.15, 0.2) is 12.1 Å². The number of rotatable bonds is 4. The van der Waals surface area contributed by atoms with E-state index in [0.717, 1.165) is 28.7 Å². The predicted octanol–water partition coefficient (Wildman–Crippen LogP) is 3.89. The summed E-state index contributed by atoms with van der Waals surface area (Å²) in [5.74, 6) is 0.583. The molecule has 1 aromatic carbocycles. The zero-order valence-electron chi connectivity index (χ0n) is 14.5. The van der Waals surface area contributed by atoms with Crippen LogP contribution in [0.1, 0.15) is 23.1 Å². The number of ether oxygens (including phenoxy) is 4. The summed E-state index contributed by atoms with van der Waals surface area (Å²) in [6.45, 7) is 3.56. The summed E-state index contributed by atoms with van der Waals surface area (Å²) in [5.41, 5.74) is 3.67. The number of nitrogens with zero attached hydrogens (tertiary/aromatic N) is 2. The standard InChI is InChI=1S/C18H18Cl2N2O4/c1-10-5-11(19)6-13(25-9-23-2)14(10)16-12-7-26-18(3-4-24-8-18)15(12)17(20)22-21-16/h5-6H,3-4,7-9H2,1-2H3. The van der Waals surface area contributed by atoms with Crippen molar-refractivity contribution < 1.29 is 18.9 Å². The van der Waals surface area contributed by atoms with Crippen molar-refractivity contribution in [1.29, 1.82) is 0 Å².